The third-order valence-corrected chi connectivity index (χ3v) is 4.57. The molecule has 0 aromatic heterocycles. The SMILES string of the molecule is C[C@@H]1CCCC[C@@H]1NC(=O)COc1ccc(Cl)cc1Br. The van der Waals surface area contributed by atoms with Gasteiger partial charge in [0.2, 0.25) is 0 Å². The van der Waals surface area contributed by atoms with Crippen molar-refractivity contribution < 1.29 is 9.53 Å². The van der Waals surface area contributed by atoms with Crippen LogP contribution in [0.1, 0.15) is 32.6 Å². The smallest absolute Gasteiger partial charge is 0.258 e. The summed E-state index contributed by atoms with van der Waals surface area (Å²) >= 11 is 9.22. The fraction of sp³-hybridized carbons (Fsp3) is 0.533. The van der Waals surface area contributed by atoms with Crippen LogP contribution in [-0.2, 0) is 4.79 Å². The van der Waals surface area contributed by atoms with Gasteiger partial charge in [0.15, 0.2) is 6.61 Å². The highest BCUT2D eigenvalue weighted by Crippen LogP contribution is 2.28. The number of carbonyl (C=O) groups excluding carboxylic acids is 1. The van der Waals surface area contributed by atoms with Gasteiger partial charge >= 0.3 is 0 Å². The lowest BCUT2D eigenvalue weighted by molar-refractivity contribution is -0.124. The molecule has 1 saturated carbocycles. The number of carbonyl (C=O) groups is 1. The molecule has 0 aliphatic heterocycles. The molecule has 0 heterocycles. The van der Waals surface area contributed by atoms with Crippen LogP contribution in [0.4, 0.5) is 0 Å². The van der Waals surface area contributed by atoms with Crippen LogP contribution < -0.4 is 10.1 Å². The zero-order valence-corrected chi connectivity index (χ0v) is 13.8. The van der Waals surface area contributed by atoms with Gasteiger partial charge in [0, 0.05) is 11.1 Å². The lowest BCUT2D eigenvalue weighted by atomic mass is 9.86. The number of hydrogen-bond acceptors (Lipinski definition) is 2. The fourth-order valence-corrected chi connectivity index (χ4v) is 3.31. The van der Waals surface area contributed by atoms with Crippen LogP contribution in [0.3, 0.4) is 0 Å². The van der Waals surface area contributed by atoms with Crippen molar-refractivity contribution in [2.75, 3.05) is 6.61 Å². The fourth-order valence-electron chi connectivity index (χ4n) is 2.51. The first-order chi connectivity index (χ1) is 9.56. The summed E-state index contributed by atoms with van der Waals surface area (Å²) in [6.07, 6.45) is 4.71. The Morgan fingerprint density at radius 2 is 2.20 bits per heavy atom. The molecule has 0 saturated heterocycles. The van der Waals surface area contributed by atoms with Gasteiger partial charge in [-0.25, -0.2) is 0 Å². The first-order valence-electron chi connectivity index (χ1n) is 6.93. The Labute approximate surface area is 133 Å². The Balaban J connectivity index is 1.82. The molecule has 0 unspecified atom stereocenters. The monoisotopic (exact) mass is 359 g/mol. The number of hydrogen-bond donors (Lipinski definition) is 1. The van der Waals surface area contributed by atoms with E-state index in [0.717, 1.165) is 10.9 Å². The van der Waals surface area contributed by atoms with E-state index in [2.05, 4.69) is 28.2 Å². The van der Waals surface area contributed by atoms with Crippen LogP contribution in [0, 0.1) is 5.92 Å². The molecule has 1 N–H and O–H groups in total. The number of rotatable bonds is 4. The normalized spacial score (nSPS) is 22.4. The second-order valence-electron chi connectivity index (χ2n) is 5.30. The number of ether oxygens (including phenoxy) is 1. The summed E-state index contributed by atoms with van der Waals surface area (Å²) in [5, 5.41) is 3.69. The summed E-state index contributed by atoms with van der Waals surface area (Å²) in [4.78, 5) is 11.9. The predicted molar refractivity (Wildman–Crippen MR) is 84.2 cm³/mol. The topological polar surface area (TPSA) is 38.3 Å². The van der Waals surface area contributed by atoms with Crippen molar-refractivity contribution in [1.29, 1.82) is 0 Å². The summed E-state index contributed by atoms with van der Waals surface area (Å²) in [5.74, 6) is 1.11. The Hall–Kier alpha value is -0.740. The van der Waals surface area contributed by atoms with E-state index in [1.807, 2.05) is 0 Å². The molecule has 1 aromatic rings. The second kappa shape index (κ2) is 7.32. The maximum Gasteiger partial charge on any atom is 0.258 e. The molecule has 5 heteroatoms. The Morgan fingerprint density at radius 3 is 2.90 bits per heavy atom. The van der Waals surface area contributed by atoms with Crippen molar-refractivity contribution in [3.8, 4) is 5.75 Å². The van der Waals surface area contributed by atoms with Gasteiger partial charge < -0.3 is 10.1 Å². The molecule has 2 rings (SSSR count). The van der Waals surface area contributed by atoms with Crippen molar-refractivity contribution >= 4 is 33.4 Å². The third-order valence-electron chi connectivity index (χ3n) is 3.71. The van der Waals surface area contributed by atoms with E-state index in [0.29, 0.717) is 16.7 Å². The number of amides is 1. The molecule has 0 spiro atoms. The molecule has 0 bridgehead atoms. The van der Waals surface area contributed by atoms with Gasteiger partial charge in [0.1, 0.15) is 5.75 Å². The van der Waals surface area contributed by atoms with E-state index in [1.54, 1.807) is 18.2 Å². The first kappa shape index (κ1) is 15.6. The van der Waals surface area contributed by atoms with Gasteiger partial charge in [-0.15, -0.1) is 0 Å². The molecule has 1 fully saturated rings. The van der Waals surface area contributed by atoms with Crippen LogP contribution in [0.2, 0.25) is 5.02 Å². The van der Waals surface area contributed by atoms with Crippen molar-refractivity contribution in [1.82, 2.24) is 5.32 Å². The van der Waals surface area contributed by atoms with E-state index in [-0.39, 0.29) is 18.6 Å². The van der Waals surface area contributed by atoms with Crippen LogP contribution in [0.5, 0.6) is 5.75 Å². The lowest BCUT2D eigenvalue weighted by Gasteiger charge is -2.29. The predicted octanol–water partition coefficient (Wildman–Crippen LogP) is 4.18. The standard InChI is InChI=1S/C15H19BrClNO2/c1-10-4-2-3-5-13(10)18-15(19)9-20-14-7-6-11(17)8-12(14)16/h6-8,10,13H,2-5,9H2,1H3,(H,18,19)/t10-,13+/m1/s1. The van der Waals surface area contributed by atoms with E-state index < -0.39 is 0 Å². The van der Waals surface area contributed by atoms with Gasteiger partial charge in [-0.1, -0.05) is 31.4 Å². The lowest BCUT2D eigenvalue weighted by Crippen LogP contribution is -2.43. The minimum atomic E-state index is -0.0643. The summed E-state index contributed by atoms with van der Waals surface area (Å²) in [6.45, 7) is 2.23. The Morgan fingerprint density at radius 1 is 1.45 bits per heavy atom. The van der Waals surface area contributed by atoms with Crippen molar-refractivity contribution in [3.05, 3.63) is 27.7 Å². The molecule has 1 amide bonds. The molecule has 3 nitrogen and oxygen atoms in total. The molecule has 1 aromatic carbocycles. The summed E-state index contributed by atoms with van der Waals surface area (Å²) < 4.78 is 6.27. The Bertz CT molecular complexity index is 481. The zero-order chi connectivity index (χ0) is 14.5. The quantitative estimate of drug-likeness (QED) is 0.875. The van der Waals surface area contributed by atoms with Gasteiger partial charge in [-0.05, 0) is 52.9 Å². The van der Waals surface area contributed by atoms with E-state index in [4.69, 9.17) is 16.3 Å². The van der Waals surface area contributed by atoms with Gasteiger partial charge in [-0.2, -0.15) is 0 Å². The van der Waals surface area contributed by atoms with Crippen LogP contribution in [-0.4, -0.2) is 18.6 Å². The van der Waals surface area contributed by atoms with E-state index >= 15 is 0 Å². The highest BCUT2D eigenvalue weighted by molar-refractivity contribution is 9.10. The second-order valence-corrected chi connectivity index (χ2v) is 6.59. The molecule has 1 aliphatic carbocycles. The van der Waals surface area contributed by atoms with E-state index in [1.165, 1.54) is 19.3 Å². The average Bonchev–Trinajstić information content (AvgIpc) is 2.40. The summed E-state index contributed by atoms with van der Waals surface area (Å²) in [5.41, 5.74) is 0. The maximum absolute atomic E-state index is 11.9. The maximum atomic E-state index is 11.9. The highest BCUT2D eigenvalue weighted by atomic mass is 79.9. The molecule has 110 valence electrons. The van der Waals surface area contributed by atoms with Crippen LogP contribution >= 0.6 is 27.5 Å². The highest BCUT2D eigenvalue weighted by Gasteiger charge is 2.22. The molecular weight excluding hydrogens is 342 g/mol. The molecule has 20 heavy (non-hydrogen) atoms. The Kier molecular flexibility index (Phi) is 5.73. The zero-order valence-electron chi connectivity index (χ0n) is 11.5. The molecule has 1 aliphatic rings. The molecular formula is C15H19BrClNO2. The third kappa shape index (κ3) is 4.38. The van der Waals surface area contributed by atoms with Crippen molar-refractivity contribution in [3.63, 3.8) is 0 Å². The summed E-state index contributed by atoms with van der Waals surface area (Å²) in [6, 6.07) is 5.53. The number of nitrogens with one attached hydrogen (secondary N) is 1. The first-order valence-corrected chi connectivity index (χ1v) is 8.10. The van der Waals surface area contributed by atoms with Gasteiger partial charge in [0.25, 0.3) is 5.91 Å². The van der Waals surface area contributed by atoms with Gasteiger partial charge in [0.05, 0.1) is 4.47 Å². The number of benzene rings is 1. The van der Waals surface area contributed by atoms with Crippen LogP contribution in [0.15, 0.2) is 22.7 Å². The van der Waals surface area contributed by atoms with Crippen molar-refractivity contribution in [2.24, 2.45) is 5.92 Å². The van der Waals surface area contributed by atoms with Crippen molar-refractivity contribution in [2.45, 2.75) is 38.6 Å². The van der Waals surface area contributed by atoms with E-state index in [9.17, 15) is 4.79 Å². The minimum Gasteiger partial charge on any atom is -0.483 e. The number of halogens is 2. The summed E-state index contributed by atoms with van der Waals surface area (Å²) in [7, 11) is 0. The average molecular weight is 361 g/mol. The molecule has 2 atom stereocenters. The van der Waals surface area contributed by atoms with Crippen LogP contribution in [0.25, 0.3) is 0 Å². The molecule has 0 radical (unpaired) electrons. The minimum absolute atomic E-state index is 0.0312. The van der Waals surface area contributed by atoms with Gasteiger partial charge in [-0.3, -0.25) is 4.79 Å². The largest absolute Gasteiger partial charge is 0.483 e.